The number of hydrogen-bond acceptors (Lipinski definition) is 6. The third-order valence-corrected chi connectivity index (χ3v) is 6.74. The standard InChI is InChI=1S/C18H17F3N6O2S/c19-18(20,21)14-3-1-2-4-15(14)30(28,29)27-9-7-25(8-10-27)16-11-17(24-12-23-16)26-6-5-22-13-26/h1-6,11-13H,7-10H2. The van der Waals surface area contributed by atoms with Crippen molar-refractivity contribution in [2.45, 2.75) is 11.1 Å². The van der Waals surface area contributed by atoms with Crippen molar-refractivity contribution in [2.24, 2.45) is 0 Å². The van der Waals surface area contributed by atoms with E-state index in [2.05, 4.69) is 15.0 Å². The zero-order valence-corrected chi connectivity index (χ0v) is 16.4. The topological polar surface area (TPSA) is 84.2 Å². The van der Waals surface area contributed by atoms with Crippen LogP contribution in [0.4, 0.5) is 19.0 Å². The van der Waals surface area contributed by atoms with Crippen molar-refractivity contribution in [1.82, 2.24) is 23.8 Å². The van der Waals surface area contributed by atoms with Gasteiger partial charge in [-0.1, -0.05) is 12.1 Å². The molecule has 12 heteroatoms. The number of piperazine rings is 1. The summed E-state index contributed by atoms with van der Waals surface area (Å²) < 4.78 is 68.4. The van der Waals surface area contributed by atoms with Crippen molar-refractivity contribution in [3.05, 3.63) is 60.9 Å². The Hall–Kier alpha value is -2.99. The van der Waals surface area contributed by atoms with Gasteiger partial charge in [0.2, 0.25) is 10.0 Å². The highest BCUT2D eigenvalue weighted by atomic mass is 32.2. The van der Waals surface area contributed by atoms with Gasteiger partial charge in [0, 0.05) is 44.6 Å². The molecule has 2 aromatic heterocycles. The molecule has 30 heavy (non-hydrogen) atoms. The Bertz CT molecular complexity index is 1130. The maximum Gasteiger partial charge on any atom is 0.417 e. The Morgan fingerprint density at radius 2 is 1.67 bits per heavy atom. The Balaban J connectivity index is 1.52. The lowest BCUT2D eigenvalue weighted by Crippen LogP contribution is -2.49. The Morgan fingerprint density at radius 1 is 0.967 bits per heavy atom. The first-order valence-corrected chi connectivity index (χ1v) is 10.4. The molecule has 1 aromatic carbocycles. The van der Waals surface area contributed by atoms with Crippen LogP contribution in [0.15, 0.2) is 60.3 Å². The number of benzene rings is 1. The number of rotatable bonds is 4. The van der Waals surface area contributed by atoms with Crippen LogP contribution < -0.4 is 4.90 Å². The SMILES string of the molecule is O=S(=O)(c1ccccc1C(F)(F)F)N1CCN(c2cc(-n3ccnc3)ncn2)CC1. The minimum Gasteiger partial charge on any atom is -0.354 e. The van der Waals surface area contributed by atoms with E-state index in [1.54, 1.807) is 29.4 Å². The summed E-state index contributed by atoms with van der Waals surface area (Å²) in [5, 5.41) is 0. The quantitative estimate of drug-likeness (QED) is 0.621. The number of sulfonamides is 1. The zero-order chi connectivity index (χ0) is 21.4. The molecule has 0 amide bonds. The van der Waals surface area contributed by atoms with Crippen molar-refractivity contribution in [3.63, 3.8) is 0 Å². The first-order valence-electron chi connectivity index (χ1n) is 8.98. The van der Waals surface area contributed by atoms with Crippen LogP contribution in [0.3, 0.4) is 0 Å². The van der Waals surface area contributed by atoms with E-state index in [9.17, 15) is 21.6 Å². The van der Waals surface area contributed by atoms with Crippen LogP contribution in [0.2, 0.25) is 0 Å². The molecule has 1 aliphatic heterocycles. The van der Waals surface area contributed by atoms with E-state index >= 15 is 0 Å². The number of nitrogens with zero attached hydrogens (tertiary/aromatic N) is 6. The predicted octanol–water partition coefficient (Wildman–Crippen LogP) is 2.19. The van der Waals surface area contributed by atoms with Crippen LogP contribution in [-0.2, 0) is 16.2 Å². The van der Waals surface area contributed by atoms with Crippen molar-refractivity contribution < 1.29 is 21.6 Å². The lowest BCUT2D eigenvalue weighted by molar-refractivity contribution is -0.139. The first-order chi connectivity index (χ1) is 14.3. The van der Waals surface area contributed by atoms with Crippen LogP contribution >= 0.6 is 0 Å². The van der Waals surface area contributed by atoms with Gasteiger partial charge < -0.3 is 4.90 Å². The third kappa shape index (κ3) is 3.87. The largest absolute Gasteiger partial charge is 0.417 e. The van der Waals surface area contributed by atoms with Gasteiger partial charge in [0.25, 0.3) is 0 Å². The fourth-order valence-electron chi connectivity index (χ4n) is 3.27. The summed E-state index contributed by atoms with van der Waals surface area (Å²) in [7, 11) is -4.28. The lowest BCUT2D eigenvalue weighted by atomic mass is 10.2. The smallest absolute Gasteiger partial charge is 0.354 e. The Morgan fingerprint density at radius 3 is 2.33 bits per heavy atom. The molecule has 0 aliphatic carbocycles. The van der Waals surface area contributed by atoms with E-state index in [1.165, 1.54) is 18.5 Å². The van der Waals surface area contributed by atoms with Gasteiger partial charge in [-0.3, -0.25) is 4.57 Å². The lowest BCUT2D eigenvalue weighted by Gasteiger charge is -2.35. The number of halogens is 3. The summed E-state index contributed by atoms with van der Waals surface area (Å²) in [4.78, 5) is 13.5. The van der Waals surface area contributed by atoms with Crippen molar-refractivity contribution in [2.75, 3.05) is 31.1 Å². The highest BCUT2D eigenvalue weighted by Crippen LogP contribution is 2.35. The molecule has 1 aliphatic rings. The van der Waals surface area contributed by atoms with Crippen molar-refractivity contribution >= 4 is 15.8 Å². The third-order valence-electron chi connectivity index (χ3n) is 4.78. The molecule has 0 bridgehead atoms. The van der Waals surface area contributed by atoms with Gasteiger partial charge in [-0.2, -0.15) is 17.5 Å². The maximum absolute atomic E-state index is 13.3. The highest BCUT2D eigenvalue weighted by Gasteiger charge is 2.39. The molecule has 0 N–H and O–H groups in total. The molecule has 3 heterocycles. The fraction of sp³-hybridized carbons (Fsp3) is 0.278. The fourth-order valence-corrected chi connectivity index (χ4v) is 4.90. The molecule has 4 rings (SSSR count). The number of imidazole rings is 1. The Labute approximate surface area is 170 Å². The summed E-state index contributed by atoms with van der Waals surface area (Å²) in [6.45, 7) is 0.652. The normalized spacial score (nSPS) is 16.0. The molecular formula is C18H17F3N6O2S. The molecule has 158 valence electrons. The van der Waals surface area contributed by atoms with E-state index in [0.717, 1.165) is 16.4 Å². The van der Waals surface area contributed by atoms with Gasteiger partial charge >= 0.3 is 6.18 Å². The van der Waals surface area contributed by atoms with Crippen LogP contribution in [0.25, 0.3) is 5.82 Å². The number of aromatic nitrogens is 4. The molecular weight excluding hydrogens is 421 g/mol. The van der Waals surface area contributed by atoms with E-state index in [4.69, 9.17) is 0 Å². The zero-order valence-electron chi connectivity index (χ0n) is 15.6. The first kappa shape index (κ1) is 20.3. The van der Waals surface area contributed by atoms with Gasteiger partial charge in [0.1, 0.15) is 24.3 Å². The summed E-state index contributed by atoms with van der Waals surface area (Å²) in [5.41, 5.74) is -1.16. The van der Waals surface area contributed by atoms with Crippen LogP contribution in [0.1, 0.15) is 5.56 Å². The van der Waals surface area contributed by atoms with Gasteiger partial charge in [-0.15, -0.1) is 0 Å². The van der Waals surface area contributed by atoms with Gasteiger partial charge in [0.05, 0.1) is 10.5 Å². The van der Waals surface area contributed by atoms with Crippen molar-refractivity contribution in [3.8, 4) is 5.82 Å². The van der Waals surface area contributed by atoms with Crippen LogP contribution in [0.5, 0.6) is 0 Å². The second-order valence-corrected chi connectivity index (χ2v) is 8.50. The molecule has 0 unspecified atom stereocenters. The molecule has 1 fully saturated rings. The monoisotopic (exact) mass is 438 g/mol. The van der Waals surface area contributed by atoms with Crippen molar-refractivity contribution in [1.29, 1.82) is 0 Å². The summed E-state index contributed by atoms with van der Waals surface area (Å²) >= 11 is 0. The van der Waals surface area contributed by atoms with Gasteiger partial charge in [-0.05, 0) is 12.1 Å². The minimum absolute atomic E-state index is 0.0406. The molecule has 0 spiro atoms. The number of hydrogen-bond donors (Lipinski definition) is 0. The molecule has 3 aromatic rings. The molecule has 0 atom stereocenters. The van der Waals surface area contributed by atoms with E-state index in [-0.39, 0.29) is 26.2 Å². The van der Waals surface area contributed by atoms with Crippen LogP contribution in [0, 0.1) is 0 Å². The van der Waals surface area contributed by atoms with Crippen LogP contribution in [-0.4, -0.2) is 58.4 Å². The molecule has 0 radical (unpaired) electrons. The summed E-state index contributed by atoms with van der Waals surface area (Å²) in [6.07, 6.45) is 1.58. The Kier molecular flexibility index (Phi) is 5.20. The van der Waals surface area contributed by atoms with E-state index in [1.807, 2.05) is 4.90 Å². The number of anilines is 1. The van der Waals surface area contributed by atoms with Gasteiger partial charge in [0.15, 0.2) is 0 Å². The average Bonchev–Trinajstić information content (AvgIpc) is 3.28. The van der Waals surface area contributed by atoms with Gasteiger partial charge in [-0.25, -0.2) is 23.4 Å². The minimum atomic E-state index is -4.75. The highest BCUT2D eigenvalue weighted by molar-refractivity contribution is 7.89. The second kappa shape index (κ2) is 7.69. The van der Waals surface area contributed by atoms with E-state index < -0.39 is 26.7 Å². The predicted molar refractivity (Wildman–Crippen MR) is 102 cm³/mol. The van der Waals surface area contributed by atoms with E-state index in [0.29, 0.717) is 11.6 Å². The maximum atomic E-state index is 13.3. The molecule has 0 saturated carbocycles. The summed E-state index contributed by atoms with van der Waals surface area (Å²) in [5.74, 6) is 1.20. The molecule has 1 saturated heterocycles. The second-order valence-electron chi connectivity index (χ2n) is 6.59. The molecule has 8 nitrogen and oxygen atoms in total. The number of alkyl halides is 3. The summed E-state index contributed by atoms with van der Waals surface area (Å²) in [6, 6.07) is 5.97. The average molecular weight is 438 g/mol.